The van der Waals surface area contributed by atoms with Crippen molar-refractivity contribution in [1.82, 2.24) is 19.5 Å². The highest BCUT2D eigenvalue weighted by molar-refractivity contribution is 5.92. The lowest BCUT2D eigenvalue weighted by atomic mass is 10.1. The highest BCUT2D eigenvalue weighted by atomic mass is 16.2. The van der Waals surface area contributed by atoms with Gasteiger partial charge in [-0.1, -0.05) is 45.9 Å². The Morgan fingerprint density at radius 1 is 1.10 bits per heavy atom. The van der Waals surface area contributed by atoms with E-state index in [1.165, 1.54) is 0 Å². The zero-order chi connectivity index (χ0) is 22.2. The van der Waals surface area contributed by atoms with Crippen molar-refractivity contribution in [2.45, 2.75) is 40.5 Å². The quantitative estimate of drug-likeness (QED) is 0.530. The summed E-state index contributed by atoms with van der Waals surface area (Å²) in [5.41, 5.74) is 3.81. The zero-order valence-corrected chi connectivity index (χ0v) is 19.1. The van der Waals surface area contributed by atoms with E-state index in [-0.39, 0.29) is 11.8 Å². The van der Waals surface area contributed by atoms with E-state index in [2.05, 4.69) is 63.7 Å². The number of amides is 1. The molecule has 7 nitrogen and oxygen atoms in total. The summed E-state index contributed by atoms with van der Waals surface area (Å²) >= 11 is 0. The molecule has 0 spiro atoms. The van der Waals surface area contributed by atoms with Gasteiger partial charge in [0.1, 0.15) is 0 Å². The molecule has 4 rings (SSSR count). The van der Waals surface area contributed by atoms with E-state index in [0.29, 0.717) is 5.95 Å². The molecule has 1 aliphatic carbocycles. The van der Waals surface area contributed by atoms with Crippen molar-refractivity contribution in [3.05, 3.63) is 42.5 Å². The van der Waals surface area contributed by atoms with Gasteiger partial charge >= 0.3 is 0 Å². The molecule has 1 aromatic carbocycles. The molecule has 0 saturated heterocycles. The highest BCUT2D eigenvalue weighted by Crippen LogP contribution is 2.30. The van der Waals surface area contributed by atoms with Crippen LogP contribution in [0, 0.1) is 5.92 Å². The van der Waals surface area contributed by atoms with Crippen LogP contribution in [0.3, 0.4) is 0 Å². The minimum absolute atomic E-state index is 0.0163. The number of anilines is 2. The largest absolute Gasteiger partial charge is 0.384 e. The standard InChI is InChI=1S/C22H28N6O.C2H6/c1-3-27(4-2)15-14-23-18-12-10-16(11-13-18)19-6-5-7-20-24-22(26-28(19)20)25-21(29)17-8-9-17;1-2/h5-7,10-13,17,23H,3-4,8-9,14-15H2,1-2H3,(H,25,26,29);1-2H3. The molecule has 2 heterocycles. The maximum absolute atomic E-state index is 12.0. The van der Waals surface area contributed by atoms with E-state index in [9.17, 15) is 4.79 Å². The number of carbonyl (C=O) groups excluding carboxylic acids is 1. The van der Waals surface area contributed by atoms with Gasteiger partial charge in [0.15, 0.2) is 5.65 Å². The number of nitrogens with zero attached hydrogens (tertiary/aromatic N) is 4. The Morgan fingerprint density at radius 2 is 1.81 bits per heavy atom. The number of fused-ring (bicyclic) bond motifs is 1. The molecule has 0 radical (unpaired) electrons. The number of benzene rings is 1. The predicted molar refractivity (Wildman–Crippen MR) is 127 cm³/mol. The Morgan fingerprint density at radius 3 is 2.45 bits per heavy atom. The molecule has 0 atom stereocenters. The fourth-order valence-corrected chi connectivity index (χ4v) is 3.39. The van der Waals surface area contributed by atoms with Gasteiger partial charge < -0.3 is 10.2 Å². The van der Waals surface area contributed by atoms with Gasteiger partial charge in [-0.05, 0) is 50.2 Å². The van der Waals surface area contributed by atoms with Crippen LogP contribution in [0.4, 0.5) is 11.6 Å². The highest BCUT2D eigenvalue weighted by Gasteiger charge is 2.30. The van der Waals surface area contributed by atoms with Crippen molar-refractivity contribution in [3.63, 3.8) is 0 Å². The average Bonchev–Trinajstić information content (AvgIpc) is 3.58. The number of pyridine rings is 1. The first-order valence-electron chi connectivity index (χ1n) is 11.4. The average molecular weight is 423 g/mol. The van der Waals surface area contributed by atoms with Gasteiger partial charge in [-0.3, -0.25) is 10.1 Å². The summed E-state index contributed by atoms with van der Waals surface area (Å²) in [7, 11) is 0. The lowest BCUT2D eigenvalue weighted by molar-refractivity contribution is -0.117. The first-order valence-corrected chi connectivity index (χ1v) is 11.4. The van der Waals surface area contributed by atoms with Crippen LogP contribution in [0.25, 0.3) is 16.9 Å². The van der Waals surface area contributed by atoms with Crippen LogP contribution in [-0.4, -0.2) is 51.6 Å². The minimum atomic E-state index is 0.0163. The maximum atomic E-state index is 12.0. The molecule has 0 aliphatic heterocycles. The Kier molecular flexibility index (Phi) is 8.00. The predicted octanol–water partition coefficient (Wildman–Crippen LogP) is 4.52. The van der Waals surface area contributed by atoms with Gasteiger partial charge in [0.2, 0.25) is 11.9 Å². The summed E-state index contributed by atoms with van der Waals surface area (Å²) in [5.74, 6) is 0.509. The smallest absolute Gasteiger partial charge is 0.249 e. The zero-order valence-electron chi connectivity index (χ0n) is 19.1. The van der Waals surface area contributed by atoms with Crippen molar-refractivity contribution in [2.75, 3.05) is 36.8 Å². The van der Waals surface area contributed by atoms with E-state index in [1.807, 2.05) is 32.0 Å². The SMILES string of the molecule is CC.CCN(CC)CCNc1ccc(-c2cccc3nc(NC(=O)C4CC4)nn23)cc1. The monoisotopic (exact) mass is 422 g/mol. The third kappa shape index (κ3) is 5.82. The molecule has 0 unspecified atom stereocenters. The molecule has 7 heteroatoms. The third-order valence-electron chi connectivity index (χ3n) is 5.38. The van der Waals surface area contributed by atoms with Crippen LogP contribution < -0.4 is 10.6 Å². The molecular weight excluding hydrogens is 388 g/mol. The van der Waals surface area contributed by atoms with Crippen molar-refractivity contribution in [1.29, 1.82) is 0 Å². The lowest BCUT2D eigenvalue weighted by Gasteiger charge is -2.18. The topological polar surface area (TPSA) is 74.6 Å². The van der Waals surface area contributed by atoms with Gasteiger partial charge in [-0.15, -0.1) is 5.10 Å². The van der Waals surface area contributed by atoms with Crippen molar-refractivity contribution >= 4 is 23.2 Å². The molecule has 1 amide bonds. The van der Waals surface area contributed by atoms with Crippen LogP contribution in [0.2, 0.25) is 0 Å². The number of aromatic nitrogens is 3. The van der Waals surface area contributed by atoms with E-state index >= 15 is 0 Å². The molecule has 2 N–H and O–H groups in total. The summed E-state index contributed by atoms with van der Waals surface area (Å²) in [5, 5.41) is 10.8. The van der Waals surface area contributed by atoms with Crippen LogP contribution in [0.1, 0.15) is 40.5 Å². The van der Waals surface area contributed by atoms with Gasteiger partial charge in [-0.25, -0.2) is 4.52 Å². The summed E-state index contributed by atoms with van der Waals surface area (Å²) in [6.45, 7) is 12.5. The number of nitrogens with one attached hydrogen (secondary N) is 2. The molecule has 31 heavy (non-hydrogen) atoms. The van der Waals surface area contributed by atoms with Crippen molar-refractivity contribution in [3.8, 4) is 11.3 Å². The number of likely N-dealkylation sites (N-methyl/N-ethyl adjacent to an activating group) is 1. The Bertz CT molecular complexity index is 973. The maximum Gasteiger partial charge on any atom is 0.249 e. The Balaban J connectivity index is 0.00000132. The molecule has 3 aromatic rings. The van der Waals surface area contributed by atoms with E-state index in [1.54, 1.807) is 4.52 Å². The Labute approximate surface area is 184 Å². The third-order valence-corrected chi connectivity index (χ3v) is 5.38. The van der Waals surface area contributed by atoms with E-state index in [0.717, 1.165) is 61.6 Å². The van der Waals surface area contributed by atoms with E-state index < -0.39 is 0 Å². The fraction of sp³-hybridized carbons (Fsp3) is 0.458. The second-order valence-electron chi connectivity index (χ2n) is 7.41. The summed E-state index contributed by atoms with van der Waals surface area (Å²) in [6.07, 6.45) is 1.92. The van der Waals surface area contributed by atoms with Crippen LogP contribution in [-0.2, 0) is 4.79 Å². The Hall–Kier alpha value is -2.93. The number of hydrogen-bond donors (Lipinski definition) is 2. The molecule has 1 fully saturated rings. The molecular formula is C24H34N6O. The van der Waals surface area contributed by atoms with Gasteiger partial charge in [-0.2, -0.15) is 4.98 Å². The molecule has 166 valence electrons. The van der Waals surface area contributed by atoms with Crippen molar-refractivity contribution in [2.24, 2.45) is 5.92 Å². The van der Waals surface area contributed by atoms with Gasteiger partial charge in [0.05, 0.1) is 5.69 Å². The van der Waals surface area contributed by atoms with Gasteiger partial charge in [0, 0.05) is 30.3 Å². The second kappa shape index (κ2) is 10.9. The molecule has 1 aliphatic rings. The second-order valence-corrected chi connectivity index (χ2v) is 7.41. The minimum Gasteiger partial charge on any atom is -0.384 e. The van der Waals surface area contributed by atoms with Crippen LogP contribution in [0.15, 0.2) is 42.5 Å². The number of hydrogen-bond acceptors (Lipinski definition) is 5. The first-order chi connectivity index (χ1) is 15.2. The lowest BCUT2D eigenvalue weighted by Crippen LogP contribution is -2.28. The number of rotatable bonds is 9. The van der Waals surface area contributed by atoms with E-state index in [4.69, 9.17) is 0 Å². The van der Waals surface area contributed by atoms with Gasteiger partial charge in [0.25, 0.3) is 0 Å². The van der Waals surface area contributed by atoms with Crippen LogP contribution >= 0.6 is 0 Å². The molecule has 1 saturated carbocycles. The van der Waals surface area contributed by atoms with Crippen LogP contribution in [0.5, 0.6) is 0 Å². The molecule has 2 aromatic heterocycles. The normalized spacial score (nSPS) is 13.1. The summed E-state index contributed by atoms with van der Waals surface area (Å²) in [6, 6.07) is 14.2. The summed E-state index contributed by atoms with van der Waals surface area (Å²) in [4.78, 5) is 18.8. The first kappa shape index (κ1) is 22.7. The summed E-state index contributed by atoms with van der Waals surface area (Å²) < 4.78 is 1.78. The fourth-order valence-electron chi connectivity index (χ4n) is 3.39. The number of carbonyl (C=O) groups is 1. The molecule has 0 bridgehead atoms. The van der Waals surface area contributed by atoms with Crippen molar-refractivity contribution < 1.29 is 4.79 Å².